The Morgan fingerprint density at radius 2 is 2.37 bits per heavy atom. The van der Waals surface area contributed by atoms with Gasteiger partial charge in [-0.2, -0.15) is 0 Å². The second-order valence-electron chi connectivity index (χ2n) is 4.74. The topological polar surface area (TPSA) is 47.6 Å². The van der Waals surface area contributed by atoms with Crippen molar-refractivity contribution >= 4 is 23.3 Å². The van der Waals surface area contributed by atoms with Crippen molar-refractivity contribution in [3.8, 4) is 0 Å². The molecule has 1 aliphatic heterocycles. The van der Waals surface area contributed by atoms with E-state index >= 15 is 0 Å². The lowest BCUT2D eigenvalue weighted by Crippen LogP contribution is -2.26. The average molecular weight is 284 g/mol. The van der Waals surface area contributed by atoms with E-state index in [0.29, 0.717) is 16.5 Å². The molecular weight excluding hydrogens is 266 g/mol. The normalized spacial score (nSPS) is 20.1. The molecule has 104 valence electrons. The number of methoxy groups -OCH3 is 1. The van der Waals surface area contributed by atoms with Crippen LogP contribution in [-0.4, -0.2) is 32.3 Å². The van der Waals surface area contributed by atoms with Gasteiger partial charge in [-0.25, -0.2) is 4.79 Å². The van der Waals surface area contributed by atoms with Gasteiger partial charge in [-0.05, 0) is 31.5 Å². The first-order valence-electron chi connectivity index (χ1n) is 6.34. The van der Waals surface area contributed by atoms with Gasteiger partial charge in [-0.1, -0.05) is 11.6 Å². The van der Waals surface area contributed by atoms with Crippen molar-refractivity contribution in [2.24, 2.45) is 5.92 Å². The minimum atomic E-state index is -0.425. The van der Waals surface area contributed by atoms with Gasteiger partial charge in [-0.3, -0.25) is 0 Å². The lowest BCUT2D eigenvalue weighted by molar-refractivity contribution is 0.0601. The summed E-state index contributed by atoms with van der Waals surface area (Å²) < 4.78 is 10.1. The molecule has 1 aromatic carbocycles. The first-order chi connectivity index (χ1) is 9.11. The SMILES string of the molecule is COC(=O)c1cc(NC(C)C2CCOC2)ccc1Cl. The fourth-order valence-corrected chi connectivity index (χ4v) is 2.40. The largest absolute Gasteiger partial charge is 0.465 e. The number of hydrogen-bond donors (Lipinski definition) is 1. The highest BCUT2D eigenvalue weighted by molar-refractivity contribution is 6.33. The van der Waals surface area contributed by atoms with Gasteiger partial charge >= 0.3 is 5.97 Å². The Morgan fingerprint density at radius 1 is 1.58 bits per heavy atom. The van der Waals surface area contributed by atoms with Crippen LogP contribution in [0.4, 0.5) is 5.69 Å². The number of anilines is 1. The fourth-order valence-electron chi connectivity index (χ4n) is 2.21. The fraction of sp³-hybridized carbons (Fsp3) is 0.500. The van der Waals surface area contributed by atoms with Crippen molar-refractivity contribution in [2.45, 2.75) is 19.4 Å². The molecule has 1 aliphatic rings. The number of nitrogens with one attached hydrogen (secondary N) is 1. The zero-order valence-electron chi connectivity index (χ0n) is 11.1. The van der Waals surface area contributed by atoms with Crippen LogP contribution in [-0.2, 0) is 9.47 Å². The van der Waals surface area contributed by atoms with Crippen LogP contribution in [0.2, 0.25) is 5.02 Å². The molecule has 5 heteroatoms. The number of esters is 1. The van der Waals surface area contributed by atoms with E-state index in [4.69, 9.17) is 21.1 Å². The van der Waals surface area contributed by atoms with E-state index in [0.717, 1.165) is 25.3 Å². The summed E-state index contributed by atoms with van der Waals surface area (Å²) in [5.74, 6) is 0.0720. The summed E-state index contributed by atoms with van der Waals surface area (Å²) in [4.78, 5) is 11.6. The van der Waals surface area contributed by atoms with Crippen LogP contribution in [0.1, 0.15) is 23.7 Å². The van der Waals surface area contributed by atoms with Crippen LogP contribution in [0, 0.1) is 5.92 Å². The summed E-state index contributed by atoms with van der Waals surface area (Å²) >= 11 is 5.98. The van der Waals surface area contributed by atoms with E-state index in [9.17, 15) is 4.79 Å². The minimum Gasteiger partial charge on any atom is -0.465 e. The van der Waals surface area contributed by atoms with Crippen LogP contribution < -0.4 is 5.32 Å². The number of rotatable bonds is 4. The van der Waals surface area contributed by atoms with E-state index < -0.39 is 5.97 Å². The van der Waals surface area contributed by atoms with Crippen LogP contribution in [0.25, 0.3) is 0 Å². The van der Waals surface area contributed by atoms with Crippen molar-refractivity contribution in [3.63, 3.8) is 0 Å². The Bertz CT molecular complexity index is 458. The van der Waals surface area contributed by atoms with Crippen molar-refractivity contribution in [1.29, 1.82) is 0 Å². The zero-order chi connectivity index (χ0) is 13.8. The molecule has 2 rings (SSSR count). The predicted octanol–water partition coefficient (Wildman–Crippen LogP) is 2.96. The maximum absolute atomic E-state index is 11.6. The molecule has 1 N–H and O–H groups in total. The Labute approximate surface area is 118 Å². The molecule has 0 bridgehead atoms. The second-order valence-corrected chi connectivity index (χ2v) is 5.15. The number of carbonyl (C=O) groups excluding carboxylic acids is 1. The highest BCUT2D eigenvalue weighted by Crippen LogP contribution is 2.24. The molecule has 19 heavy (non-hydrogen) atoms. The lowest BCUT2D eigenvalue weighted by atomic mass is 10.0. The van der Waals surface area contributed by atoms with Gasteiger partial charge < -0.3 is 14.8 Å². The highest BCUT2D eigenvalue weighted by Gasteiger charge is 2.22. The van der Waals surface area contributed by atoms with Crippen molar-refractivity contribution in [2.75, 3.05) is 25.6 Å². The van der Waals surface area contributed by atoms with E-state index in [1.165, 1.54) is 7.11 Å². The smallest absolute Gasteiger partial charge is 0.339 e. The molecule has 2 atom stereocenters. The molecule has 1 heterocycles. The third-order valence-electron chi connectivity index (χ3n) is 3.44. The number of ether oxygens (including phenoxy) is 2. The second kappa shape index (κ2) is 6.26. The summed E-state index contributed by atoms with van der Waals surface area (Å²) in [7, 11) is 1.34. The van der Waals surface area contributed by atoms with Gasteiger partial charge in [-0.15, -0.1) is 0 Å². The lowest BCUT2D eigenvalue weighted by Gasteiger charge is -2.21. The van der Waals surface area contributed by atoms with Gasteiger partial charge in [0.1, 0.15) is 0 Å². The standard InChI is InChI=1S/C14H18ClNO3/c1-9(10-5-6-19-8-10)16-11-3-4-13(15)12(7-11)14(17)18-2/h3-4,7,9-10,16H,5-6,8H2,1-2H3. The molecule has 1 aromatic rings. The number of halogens is 1. The van der Waals surface area contributed by atoms with Crippen LogP contribution >= 0.6 is 11.6 Å². The summed E-state index contributed by atoms with van der Waals surface area (Å²) in [6.07, 6.45) is 1.06. The van der Waals surface area contributed by atoms with E-state index in [1.54, 1.807) is 12.1 Å². The monoisotopic (exact) mass is 283 g/mol. The molecule has 0 aliphatic carbocycles. The third kappa shape index (κ3) is 3.39. The summed E-state index contributed by atoms with van der Waals surface area (Å²) in [5.41, 5.74) is 1.24. The summed E-state index contributed by atoms with van der Waals surface area (Å²) in [6, 6.07) is 5.57. The average Bonchev–Trinajstić information content (AvgIpc) is 2.94. The Morgan fingerprint density at radius 3 is 3.00 bits per heavy atom. The predicted molar refractivity (Wildman–Crippen MR) is 74.8 cm³/mol. The Hall–Kier alpha value is -1.26. The Balaban J connectivity index is 2.10. The van der Waals surface area contributed by atoms with Crippen molar-refractivity contribution in [3.05, 3.63) is 28.8 Å². The third-order valence-corrected chi connectivity index (χ3v) is 3.77. The van der Waals surface area contributed by atoms with Gasteiger partial charge in [0, 0.05) is 24.3 Å². The van der Waals surface area contributed by atoms with Crippen molar-refractivity contribution in [1.82, 2.24) is 0 Å². The molecule has 0 aromatic heterocycles. The van der Waals surface area contributed by atoms with Crippen LogP contribution in [0.5, 0.6) is 0 Å². The van der Waals surface area contributed by atoms with Gasteiger partial charge in [0.15, 0.2) is 0 Å². The summed E-state index contributed by atoms with van der Waals surface area (Å²) in [5, 5.41) is 3.78. The van der Waals surface area contributed by atoms with Crippen LogP contribution in [0.3, 0.4) is 0 Å². The quantitative estimate of drug-likeness (QED) is 0.863. The van der Waals surface area contributed by atoms with E-state index in [2.05, 4.69) is 12.2 Å². The zero-order valence-corrected chi connectivity index (χ0v) is 11.9. The number of benzene rings is 1. The molecule has 1 fully saturated rings. The van der Waals surface area contributed by atoms with Gasteiger partial charge in [0.25, 0.3) is 0 Å². The molecule has 1 saturated heterocycles. The molecule has 2 unspecified atom stereocenters. The number of hydrogen-bond acceptors (Lipinski definition) is 4. The maximum Gasteiger partial charge on any atom is 0.339 e. The van der Waals surface area contributed by atoms with Crippen molar-refractivity contribution < 1.29 is 14.3 Å². The molecule has 0 amide bonds. The molecular formula is C14H18ClNO3. The molecule has 0 saturated carbocycles. The highest BCUT2D eigenvalue weighted by atomic mass is 35.5. The van der Waals surface area contributed by atoms with Crippen LogP contribution in [0.15, 0.2) is 18.2 Å². The van der Waals surface area contributed by atoms with E-state index in [-0.39, 0.29) is 6.04 Å². The van der Waals surface area contributed by atoms with Gasteiger partial charge in [0.05, 0.1) is 24.3 Å². The maximum atomic E-state index is 11.6. The first-order valence-corrected chi connectivity index (χ1v) is 6.71. The minimum absolute atomic E-state index is 0.286. The molecule has 0 radical (unpaired) electrons. The first kappa shape index (κ1) is 14.2. The molecule has 0 spiro atoms. The van der Waals surface area contributed by atoms with E-state index in [1.807, 2.05) is 6.07 Å². The molecule has 4 nitrogen and oxygen atoms in total. The summed E-state index contributed by atoms with van der Waals surface area (Å²) in [6.45, 7) is 3.72. The Kier molecular flexibility index (Phi) is 4.66. The van der Waals surface area contributed by atoms with Gasteiger partial charge in [0.2, 0.25) is 0 Å². The number of carbonyl (C=O) groups is 1.